The van der Waals surface area contributed by atoms with Crippen LogP contribution in [0.5, 0.6) is 0 Å². The van der Waals surface area contributed by atoms with Crippen LogP contribution < -0.4 is 4.72 Å². The van der Waals surface area contributed by atoms with Crippen LogP contribution in [0.4, 0.5) is 13.2 Å². The summed E-state index contributed by atoms with van der Waals surface area (Å²) < 4.78 is 90.3. The maximum absolute atomic E-state index is 13.7. The van der Waals surface area contributed by atoms with Crippen LogP contribution in [0.25, 0.3) is 11.0 Å². The molecule has 11 nitrogen and oxygen atoms in total. The molecule has 2 unspecified atom stereocenters. The molecular weight excluding hydrogens is 637 g/mol. The lowest BCUT2D eigenvalue weighted by molar-refractivity contribution is -0.227. The van der Waals surface area contributed by atoms with Crippen molar-refractivity contribution in [2.24, 2.45) is 0 Å². The largest absolute Gasteiger partial charge is 0.492 e. The first-order valence-electron chi connectivity index (χ1n) is 12.4. The molecule has 228 valence electrons. The number of hydrogen-bond donors (Lipinski definition) is 4. The first-order valence-corrected chi connectivity index (χ1v) is 15.8. The van der Waals surface area contributed by atoms with Gasteiger partial charge in [-0.05, 0) is 52.3 Å². The number of carbonyl (C=O) groups excluding carboxylic acids is 2. The Labute approximate surface area is 249 Å². The highest BCUT2D eigenvalue weighted by molar-refractivity contribution is 8.23. The molecule has 1 aliphatic heterocycles. The van der Waals surface area contributed by atoms with E-state index in [0.717, 1.165) is 12.1 Å². The molecule has 0 bridgehead atoms. The van der Waals surface area contributed by atoms with Crippen LogP contribution in [-0.4, -0.2) is 50.0 Å². The van der Waals surface area contributed by atoms with Crippen molar-refractivity contribution in [2.75, 3.05) is 0 Å². The predicted molar refractivity (Wildman–Crippen MR) is 150 cm³/mol. The van der Waals surface area contributed by atoms with Gasteiger partial charge in [0.15, 0.2) is 0 Å². The number of benzene rings is 3. The van der Waals surface area contributed by atoms with E-state index >= 15 is 0 Å². The number of halogens is 4. The maximum atomic E-state index is 13.7. The number of aromatic nitrogens is 2. The molecule has 17 heteroatoms. The van der Waals surface area contributed by atoms with Crippen molar-refractivity contribution < 1.29 is 45.1 Å². The van der Waals surface area contributed by atoms with Crippen LogP contribution in [0.3, 0.4) is 0 Å². The Kier molecular flexibility index (Phi) is 8.19. The number of hydrogen-bond acceptors (Lipinski definition) is 8. The summed E-state index contributed by atoms with van der Waals surface area (Å²) >= 11 is 6.45. The number of nitrogens with one attached hydrogen (secondary N) is 2. The summed E-state index contributed by atoms with van der Waals surface area (Å²) in [5.41, 5.74) is 1.25. The highest BCUT2D eigenvalue weighted by Gasteiger charge is 2.47. The minimum absolute atomic E-state index is 0.0212. The van der Waals surface area contributed by atoms with E-state index in [2.05, 4.69) is 19.5 Å². The van der Waals surface area contributed by atoms with Crippen molar-refractivity contribution in [3.05, 3.63) is 94.8 Å². The zero-order chi connectivity index (χ0) is 31.2. The van der Waals surface area contributed by atoms with Crippen LogP contribution in [0.1, 0.15) is 34.7 Å². The third-order valence-corrected chi connectivity index (χ3v) is 10.3. The van der Waals surface area contributed by atoms with E-state index in [9.17, 15) is 40.3 Å². The van der Waals surface area contributed by atoms with Gasteiger partial charge in [-0.2, -0.15) is 13.2 Å². The van der Waals surface area contributed by atoms with Gasteiger partial charge >= 0.3 is 12.1 Å². The van der Waals surface area contributed by atoms with Crippen LogP contribution in [0, 0.1) is 0 Å². The topological polar surface area (TPSA) is 162 Å². The standard InChI is InChI=1S/C26H22ClF3N4O7S2/c27-18-12-15(10-11-17(18)22-14-23(35)33-42(22,37)38)13-21(24-31-19-8-4-5-9-20(19)32-24)34(41-25(36)26(28,29)30)43(39,40)16-6-2-1-3-7-16/h1-12,21-22,37-38H,13-14H2,(H,31,32)(H,33,35). The Balaban J connectivity index is 1.62. The number of sulfonamides is 1. The predicted octanol–water partition coefficient (Wildman–Crippen LogP) is 5.44. The second kappa shape index (κ2) is 11.4. The number of carbonyl (C=O) groups is 2. The van der Waals surface area contributed by atoms with Crippen molar-refractivity contribution >= 4 is 55.3 Å². The van der Waals surface area contributed by atoms with Gasteiger partial charge in [-0.25, -0.2) is 18.2 Å². The van der Waals surface area contributed by atoms with Gasteiger partial charge in [-0.1, -0.05) is 54.1 Å². The van der Waals surface area contributed by atoms with Crippen LogP contribution in [0.2, 0.25) is 5.02 Å². The first-order chi connectivity index (χ1) is 20.2. The average molecular weight is 659 g/mol. The number of nitrogens with zero attached hydrogens (tertiary/aromatic N) is 2. The van der Waals surface area contributed by atoms with Crippen molar-refractivity contribution in [1.82, 2.24) is 19.2 Å². The smallest absolute Gasteiger partial charge is 0.344 e. The summed E-state index contributed by atoms with van der Waals surface area (Å²) in [7, 11) is -8.47. The summed E-state index contributed by atoms with van der Waals surface area (Å²) in [6.45, 7) is 0. The minimum atomic E-state index is -5.54. The summed E-state index contributed by atoms with van der Waals surface area (Å²) in [4.78, 5) is 35.2. The molecule has 1 aliphatic rings. The summed E-state index contributed by atoms with van der Waals surface area (Å²) in [6, 6.07) is 15.4. The molecule has 1 aromatic heterocycles. The second-order valence-corrected chi connectivity index (χ2v) is 13.6. The second-order valence-electron chi connectivity index (χ2n) is 9.48. The van der Waals surface area contributed by atoms with E-state index < -0.39 is 61.5 Å². The Bertz CT molecular complexity index is 1770. The molecule has 2 atom stereocenters. The minimum Gasteiger partial charge on any atom is -0.344 e. The summed E-state index contributed by atoms with van der Waals surface area (Å²) in [5, 5.41) is -1.08. The number of hydroxylamine groups is 1. The van der Waals surface area contributed by atoms with Crippen LogP contribution in [0.15, 0.2) is 77.7 Å². The molecular formula is C26H22ClF3N4O7S2. The maximum Gasteiger partial charge on any atom is 0.492 e. The molecule has 0 radical (unpaired) electrons. The first kappa shape index (κ1) is 30.8. The van der Waals surface area contributed by atoms with Crippen molar-refractivity contribution in [1.29, 1.82) is 0 Å². The molecule has 1 saturated heterocycles. The summed E-state index contributed by atoms with van der Waals surface area (Å²) in [5.74, 6) is -3.51. The molecule has 0 saturated carbocycles. The number of fused-ring (bicyclic) bond motifs is 1. The lowest BCUT2D eigenvalue weighted by Crippen LogP contribution is -2.42. The molecule has 43 heavy (non-hydrogen) atoms. The summed E-state index contributed by atoms with van der Waals surface area (Å²) in [6.07, 6.45) is -6.20. The Hall–Kier alpha value is -3.67. The molecule has 0 spiro atoms. The zero-order valence-electron chi connectivity index (χ0n) is 21.7. The van der Waals surface area contributed by atoms with Gasteiger partial charge in [0.2, 0.25) is 5.91 Å². The number of alkyl halides is 3. The van der Waals surface area contributed by atoms with Gasteiger partial charge in [-0.3, -0.25) is 18.6 Å². The van der Waals surface area contributed by atoms with Crippen molar-refractivity contribution in [3.63, 3.8) is 0 Å². The number of H-pyrrole nitrogens is 1. The number of aromatic amines is 1. The van der Waals surface area contributed by atoms with Crippen LogP contribution >= 0.6 is 22.4 Å². The van der Waals surface area contributed by atoms with E-state index in [1.54, 1.807) is 24.3 Å². The van der Waals surface area contributed by atoms with Crippen molar-refractivity contribution in [3.8, 4) is 0 Å². The average Bonchev–Trinajstić information content (AvgIpc) is 3.49. The highest BCUT2D eigenvalue weighted by atomic mass is 35.5. The monoisotopic (exact) mass is 658 g/mol. The fraction of sp³-hybridized carbons (Fsp3) is 0.192. The van der Waals surface area contributed by atoms with E-state index in [0.29, 0.717) is 11.0 Å². The van der Waals surface area contributed by atoms with Gasteiger partial charge in [0.1, 0.15) is 17.1 Å². The van der Waals surface area contributed by atoms with Crippen LogP contribution in [-0.2, 0) is 30.9 Å². The Morgan fingerprint density at radius 3 is 2.40 bits per heavy atom. The molecule has 4 N–H and O–H groups in total. The Morgan fingerprint density at radius 2 is 1.79 bits per heavy atom. The lowest BCUT2D eigenvalue weighted by Gasteiger charge is -2.33. The van der Waals surface area contributed by atoms with Gasteiger partial charge in [0, 0.05) is 5.02 Å². The van der Waals surface area contributed by atoms with Gasteiger partial charge in [0.25, 0.3) is 10.0 Å². The third kappa shape index (κ3) is 6.34. The number of rotatable bonds is 8. The molecule has 0 aliphatic carbocycles. The van der Waals surface area contributed by atoms with E-state index in [-0.39, 0.29) is 32.9 Å². The molecule has 1 fully saturated rings. The highest BCUT2D eigenvalue weighted by Crippen LogP contribution is 2.57. The fourth-order valence-electron chi connectivity index (χ4n) is 4.55. The molecule has 1 amide bonds. The quantitative estimate of drug-likeness (QED) is 0.182. The van der Waals surface area contributed by atoms with E-state index in [1.165, 1.54) is 36.4 Å². The molecule has 4 aromatic rings. The van der Waals surface area contributed by atoms with Gasteiger partial charge in [0.05, 0.1) is 22.3 Å². The van der Waals surface area contributed by atoms with Crippen molar-refractivity contribution in [2.45, 2.75) is 35.2 Å². The third-order valence-electron chi connectivity index (χ3n) is 6.53. The van der Waals surface area contributed by atoms with Gasteiger partial charge in [-0.15, -0.1) is 10.8 Å². The fourth-order valence-corrected chi connectivity index (χ4v) is 7.83. The molecule has 3 aromatic carbocycles. The molecule has 2 heterocycles. The lowest BCUT2D eigenvalue weighted by atomic mass is 10.0. The van der Waals surface area contributed by atoms with E-state index in [4.69, 9.17) is 11.6 Å². The normalized spacial score (nSPS) is 18.4. The zero-order valence-corrected chi connectivity index (χ0v) is 24.0. The van der Waals surface area contributed by atoms with Gasteiger partial charge < -0.3 is 9.82 Å². The molecule has 5 rings (SSSR count). The Morgan fingerprint density at radius 1 is 1.12 bits per heavy atom. The number of amides is 1. The SMILES string of the molecule is O=C1CC(c2ccc(CC(c3nc4ccccc4[nH]3)N(OC(=O)C(F)(F)F)S(=O)(=O)c3ccccc3)cc2Cl)S(O)(O)N1. The number of imidazole rings is 1. The number of para-hydroxylation sites is 2. The van der Waals surface area contributed by atoms with E-state index in [1.807, 2.05) is 0 Å².